The predicted octanol–water partition coefficient (Wildman–Crippen LogP) is 3.03. The maximum absolute atomic E-state index is 13.0. The molecule has 0 aliphatic carbocycles. The molecule has 4 heteroatoms. The molecule has 0 radical (unpaired) electrons. The summed E-state index contributed by atoms with van der Waals surface area (Å²) in [6, 6.07) is 6.12. The molecule has 0 saturated heterocycles. The number of hydrogen-bond acceptors (Lipinski definition) is 2. The van der Waals surface area contributed by atoms with E-state index in [1.54, 1.807) is 12.1 Å². The van der Waals surface area contributed by atoms with Gasteiger partial charge in [0.25, 0.3) is 0 Å². The quantitative estimate of drug-likeness (QED) is 0.859. The molecule has 0 unspecified atom stereocenters. The van der Waals surface area contributed by atoms with Crippen LogP contribution in [0.5, 0.6) is 0 Å². The summed E-state index contributed by atoms with van der Waals surface area (Å²) in [4.78, 5) is 4.55. The predicted molar refractivity (Wildman–Crippen MR) is 75.0 cm³/mol. The normalized spacial score (nSPS) is 10.7. The van der Waals surface area contributed by atoms with Gasteiger partial charge in [-0.25, -0.2) is 9.37 Å². The van der Waals surface area contributed by atoms with Crippen molar-refractivity contribution in [2.24, 2.45) is 0 Å². The molecule has 0 aliphatic rings. The third kappa shape index (κ3) is 2.45. The molecule has 1 heterocycles. The van der Waals surface area contributed by atoms with Gasteiger partial charge in [0, 0.05) is 11.5 Å². The first-order valence-electron chi connectivity index (χ1n) is 6.10. The van der Waals surface area contributed by atoms with Crippen molar-refractivity contribution in [3.63, 3.8) is 0 Å². The highest BCUT2D eigenvalue weighted by molar-refractivity contribution is 5.71. The van der Waals surface area contributed by atoms with Crippen LogP contribution < -0.4 is 5.73 Å². The van der Waals surface area contributed by atoms with Gasteiger partial charge in [-0.15, -0.1) is 6.42 Å². The van der Waals surface area contributed by atoms with Crippen LogP contribution in [0.3, 0.4) is 0 Å². The van der Waals surface area contributed by atoms with Crippen LogP contribution in [0, 0.1) is 18.2 Å². The Morgan fingerprint density at radius 3 is 2.53 bits per heavy atom. The molecule has 0 bridgehead atoms. The molecule has 98 valence electrons. The van der Waals surface area contributed by atoms with Gasteiger partial charge in [-0.05, 0) is 24.3 Å². The van der Waals surface area contributed by atoms with E-state index in [0.717, 1.165) is 11.4 Å². The van der Waals surface area contributed by atoms with Crippen LogP contribution in [0.2, 0.25) is 0 Å². The SMILES string of the molecule is C#CCn1c(C(C)C)nc(-c2ccc(F)cc2)c1N. The summed E-state index contributed by atoms with van der Waals surface area (Å²) in [5.41, 5.74) is 7.55. The van der Waals surface area contributed by atoms with E-state index in [1.165, 1.54) is 12.1 Å². The molecule has 3 nitrogen and oxygen atoms in total. The largest absolute Gasteiger partial charge is 0.383 e. The van der Waals surface area contributed by atoms with E-state index in [4.69, 9.17) is 12.2 Å². The maximum atomic E-state index is 13.0. The van der Waals surface area contributed by atoms with Crippen molar-refractivity contribution in [1.29, 1.82) is 0 Å². The van der Waals surface area contributed by atoms with Crippen molar-refractivity contribution < 1.29 is 4.39 Å². The second-order valence-electron chi connectivity index (χ2n) is 4.66. The first-order valence-corrected chi connectivity index (χ1v) is 6.10. The number of halogens is 1. The Balaban J connectivity index is 2.56. The number of imidazole rings is 1. The monoisotopic (exact) mass is 257 g/mol. The molecule has 0 spiro atoms. The van der Waals surface area contributed by atoms with Crippen LogP contribution in [0.15, 0.2) is 24.3 Å². The van der Waals surface area contributed by atoms with Crippen molar-refractivity contribution in [2.75, 3.05) is 5.73 Å². The highest BCUT2D eigenvalue weighted by Crippen LogP contribution is 2.29. The summed E-state index contributed by atoms with van der Waals surface area (Å²) in [5, 5.41) is 0. The smallest absolute Gasteiger partial charge is 0.132 e. The zero-order chi connectivity index (χ0) is 14.0. The minimum atomic E-state index is -0.283. The highest BCUT2D eigenvalue weighted by Gasteiger charge is 2.17. The lowest BCUT2D eigenvalue weighted by Crippen LogP contribution is -2.07. The van der Waals surface area contributed by atoms with Gasteiger partial charge in [0.1, 0.15) is 23.2 Å². The van der Waals surface area contributed by atoms with Crippen LogP contribution in [-0.2, 0) is 6.54 Å². The standard InChI is InChI=1S/C15H16FN3/c1-4-9-19-14(17)13(18-15(19)10(2)3)11-5-7-12(16)8-6-11/h1,5-8,10H,9,17H2,2-3H3. The number of nitrogens with zero attached hydrogens (tertiary/aromatic N) is 2. The average Bonchev–Trinajstić information content (AvgIpc) is 2.69. The van der Waals surface area contributed by atoms with Gasteiger partial charge >= 0.3 is 0 Å². The van der Waals surface area contributed by atoms with Gasteiger partial charge in [0.05, 0.1) is 6.54 Å². The molecule has 0 fully saturated rings. The Labute approximate surface area is 112 Å². The van der Waals surface area contributed by atoms with Gasteiger partial charge in [-0.2, -0.15) is 0 Å². The molecule has 1 aromatic carbocycles. The van der Waals surface area contributed by atoms with E-state index in [1.807, 2.05) is 18.4 Å². The molecule has 0 atom stereocenters. The summed E-state index contributed by atoms with van der Waals surface area (Å²) in [7, 11) is 0. The van der Waals surface area contributed by atoms with Crippen molar-refractivity contribution in [3.05, 3.63) is 35.9 Å². The van der Waals surface area contributed by atoms with Crippen molar-refractivity contribution >= 4 is 5.82 Å². The van der Waals surface area contributed by atoms with E-state index in [0.29, 0.717) is 18.1 Å². The van der Waals surface area contributed by atoms with Gasteiger partial charge in [-0.1, -0.05) is 19.8 Å². The minimum absolute atomic E-state index is 0.213. The van der Waals surface area contributed by atoms with E-state index in [9.17, 15) is 4.39 Å². The lowest BCUT2D eigenvalue weighted by molar-refractivity contribution is 0.628. The topological polar surface area (TPSA) is 43.8 Å². The number of benzene rings is 1. The number of hydrogen-bond donors (Lipinski definition) is 1. The average molecular weight is 257 g/mol. The van der Waals surface area contributed by atoms with E-state index in [-0.39, 0.29) is 11.7 Å². The highest BCUT2D eigenvalue weighted by atomic mass is 19.1. The van der Waals surface area contributed by atoms with Gasteiger partial charge in [0.15, 0.2) is 0 Å². The number of rotatable bonds is 3. The first kappa shape index (κ1) is 13.2. The number of nitrogens with two attached hydrogens (primary N) is 1. The fourth-order valence-electron chi connectivity index (χ4n) is 2.00. The van der Waals surface area contributed by atoms with Crippen LogP contribution in [0.25, 0.3) is 11.3 Å². The molecule has 1 aromatic heterocycles. The van der Waals surface area contributed by atoms with E-state index < -0.39 is 0 Å². The van der Waals surface area contributed by atoms with Gasteiger partial charge in [-0.3, -0.25) is 0 Å². The molecular formula is C15H16FN3. The fraction of sp³-hybridized carbons (Fsp3) is 0.267. The van der Waals surface area contributed by atoms with Crippen molar-refractivity contribution in [2.45, 2.75) is 26.3 Å². The van der Waals surface area contributed by atoms with Crippen molar-refractivity contribution in [3.8, 4) is 23.6 Å². The molecule has 19 heavy (non-hydrogen) atoms. The fourth-order valence-corrected chi connectivity index (χ4v) is 2.00. The zero-order valence-electron chi connectivity index (χ0n) is 11.0. The lowest BCUT2D eigenvalue weighted by atomic mass is 10.1. The summed E-state index contributed by atoms with van der Waals surface area (Å²) < 4.78 is 14.8. The third-order valence-corrected chi connectivity index (χ3v) is 2.92. The number of nitrogen functional groups attached to an aromatic ring is 1. The Morgan fingerprint density at radius 2 is 2.00 bits per heavy atom. The van der Waals surface area contributed by atoms with Gasteiger partial charge < -0.3 is 10.3 Å². The Bertz CT molecular complexity index is 618. The number of terminal acetylenes is 1. The molecule has 0 aliphatic heterocycles. The summed E-state index contributed by atoms with van der Waals surface area (Å²) >= 11 is 0. The molecule has 2 N–H and O–H groups in total. The lowest BCUT2D eigenvalue weighted by Gasteiger charge is -2.08. The second kappa shape index (κ2) is 5.15. The molecule has 2 aromatic rings. The molecular weight excluding hydrogens is 241 g/mol. The van der Waals surface area contributed by atoms with E-state index >= 15 is 0 Å². The molecule has 0 amide bonds. The summed E-state index contributed by atoms with van der Waals surface area (Å²) in [5.74, 6) is 3.87. The van der Waals surface area contributed by atoms with Crippen LogP contribution >= 0.6 is 0 Å². The van der Waals surface area contributed by atoms with E-state index in [2.05, 4.69) is 10.9 Å². The Kier molecular flexibility index (Phi) is 3.57. The van der Waals surface area contributed by atoms with Crippen LogP contribution in [-0.4, -0.2) is 9.55 Å². The summed E-state index contributed by atoms with van der Waals surface area (Å²) in [6.45, 7) is 4.44. The first-order chi connectivity index (χ1) is 9.04. The number of anilines is 1. The molecule has 0 saturated carbocycles. The van der Waals surface area contributed by atoms with Gasteiger partial charge in [0.2, 0.25) is 0 Å². The van der Waals surface area contributed by atoms with Crippen LogP contribution in [0.1, 0.15) is 25.6 Å². The second-order valence-corrected chi connectivity index (χ2v) is 4.66. The Hall–Kier alpha value is -2.28. The zero-order valence-corrected chi connectivity index (χ0v) is 11.0. The van der Waals surface area contributed by atoms with Crippen molar-refractivity contribution in [1.82, 2.24) is 9.55 Å². The number of aromatic nitrogens is 2. The molecule has 2 rings (SSSR count). The van der Waals surface area contributed by atoms with Crippen LogP contribution in [0.4, 0.5) is 10.2 Å². The maximum Gasteiger partial charge on any atom is 0.132 e. The minimum Gasteiger partial charge on any atom is -0.383 e. The summed E-state index contributed by atoms with van der Waals surface area (Å²) in [6.07, 6.45) is 5.36. The Morgan fingerprint density at radius 1 is 1.37 bits per heavy atom. The third-order valence-electron chi connectivity index (χ3n) is 2.92.